The molecule has 1 unspecified atom stereocenters. The molecule has 0 radical (unpaired) electrons. The fourth-order valence-corrected chi connectivity index (χ4v) is 1.26. The van der Waals surface area contributed by atoms with E-state index in [9.17, 15) is 9.18 Å². The third-order valence-electron chi connectivity index (χ3n) is 1.60. The molecule has 0 saturated heterocycles. The highest BCUT2D eigenvalue weighted by Crippen LogP contribution is 2.26. The van der Waals surface area contributed by atoms with Crippen molar-refractivity contribution in [2.24, 2.45) is 5.73 Å². The number of halogens is 2. The van der Waals surface area contributed by atoms with Crippen LogP contribution in [0.15, 0.2) is 22.7 Å². The van der Waals surface area contributed by atoms with E-state index in [4.69, 9.17) is 10.5 Å². The minimum atomic E-state index is -0.739. The Morgan fingerprint density at radius 1 is 1.64 bits per heavy atom. The van der Waals surface area contributed by atoms with Crippen molar-refractivity contribution < 1.29 is 13.9 Å². The summed E-state index contributed by atoms with van der Waals surface area (Å²) in [6.07, 6.45) is -0.739. The Hall–Kier alpha value is -1.10. The van der Waals surface area contributed by atoms with Gasteiger partial charge in [-0.05, 0) is 41.1 Å². The van der Waals surface area contributed by atoms with Crippen LogP contribution in [0, 0.1) is 5.82 Å². The average molecular weight is 262 g/mol. The van der Waals surface area contributed by atoms with E-state index >= 15 is 0 Å². The van der Waals surface area contributed by atoms with E-state index in [0.717, 1.165) is 0 Å². The molecule has 1 aromatic carbocycles. The molecule has 76 valence electrons. The molecule has 0 saturated carbocycles. The van der Waals surface area contributed by atoms with Gasteiger partial charge >= 0.3 is 0 Å². The SMILES string of the molecule is CC(Oc1ccc(F)cc1Br)C(N)=O. The van der Waals surface area contributed by atoms with Gasteiger partial charge in [-0.3, -0.25) is 4.79 Å². The molecule has 0 aliphatic carbocycles. The number of primary amides is 1. The zero-order valence-corrected chi connectivity index (χ0v) is 9.05. The predicted molar refractivity (Wildman–Crippen MR) is 53.4 cm³/mol. The molecule has 1 atom stereocenters. The van der Waals surface area contributed by atoms with Crippen LogP contribution in [0.1, 0.15) is 6.92 Å². The summed E-state index contributed by atoms with van der Waals surface area (Å²) in [7, 11) is 0. The van der Waals surface area contributed by atoms with Gasteiger partial charge in [0.1, 0.15) is 11.6 Å². The van der Waals surface area contributed by atoms with Crippen LogP contribution in [0.25, 0.3) is 0 Å². The maximum Gasteiger partial charge on any atom is 0.258 e. The number of hydrogen-bond donors (Lipinski definition) is 1. The van der Waals surface area contributed by atoms with Crippen molar-refractivity contribution in [3.63, 3.8) is 0 Å². The largest absolute Gasteiger partial charge is 0.480 e. The van der Waals surface area contributed by atoms with Gasteiger partial charge in [0.2, 0.25) is 0 Å². The van der Waals surface area contributed by atoms with Crippen molar-refractivity contribution in [3.05, 3.63) is 28.5 Å². The standard InChI is InChI=1S/C9H9BrFNO2/c1-5(9(12)13)14-8-3-2-6(11)4-7(8)10/h2-5H,1H3,(H2,12,13). The fraction of sp³-hybridized carbons (Fsp3) is 0.222. The Bertz CT molecular complexity index is 357. The van der Waals surface area contributed by atoms with E-state index in [1.54, 1.807) is 0 Å². The Morgan fingerprint density at radius 2 is 2.29 bits per heavy atom. The molecule has 1 amide bonds. The average Bonchev–Trinajstić information content (AvgIpc) is 2.09. The predicted octanol–water partition coefficient (Wildman–Crippen LogP) is 1.84. The molecular formula is C9H9BrFNO2. The normalized spacial score (nSPS) is 12.2. The van der Waals surface area contributed by atoms with Gasteiger partial charge < -0.3 is 10.5 Å². The summed E-state index contributed by atoms with van der Waals surface area (Å²) in [4.78, 5) is 10.7. The van der Waals surface area contributed by atoms with Crippen molar-refractivity contribution in [3.8, 4) is 5.75 Å². The van der Waals surface area contributed by atoms with Gasteiger partial charge in [-0.2, -0.15) is 0 Å². The molecule has 3 nitrogen and oxygen atoms in total. The third kappa shape index (κ3) is 2.70. The number of amides is 1. The molecule has 0 fully saturated rings. The molecule has 5 heteroatoms. The maximum absolute atomic E-state index is 12.7. The Balaban J connectivity index is 2.82. The van der Waals surface area contributed by atoms with Crippen LogP contribution in [0.2, 0.25) is 0 Å². The second kappa shape index (κ2) is 4.41. The second-order valence-electron chi connectivity index (χ2n) is 2.74. The number of carbonyl (C=O) groups is 1. The molecule has 0 heterocycles. The van der Waals surface area contributed by atoms with Crippen LogP contribution in [0.3, 0.4) is 0 Å². The molecule has 0 aliphatic heterocycles. The molecule has 0 aromatic heterocycles. The molecule has 14 heavy (non-hydrogen) atoms. The second-order valence-corrected chi connectivity index (χ2v) is 3.59. The van der Waals surface area contributed by atoms with Gasteiger partial charge in [-0.15, -0.1) is 0 Å². The Labute approximate surface area is 89.2 Å². The van der Waals surface area contributed by atoms with Gasteiger partial charge in [0.25, 0.3) is 5.91 Å². The topological polar surface area (TPSA) is 52.3 Å². The lowest BCUT2D eigenvalue weighted by Crippen LogP contribution is -2.30. The third-order valence-corrected chi connectivity index (χ3v) is 2.22. The van der Waals surface area contributed by atoms with E-state index in [-0.39, 0.29) is 5.82 Å². The number of ether oxygens (including phenoxy) is 1. The van der Waals surface area contributed by atoms with E-state index < -0.39 is 12.0 Å². The van der Waals surface area contributed by atoms with Crippen molar-refractivity contribution in [2.45, 2.75) is 13.0 Å². The van der Waals surface area contributed by atoms with E-state index in [1.165, 1.54) is 25.1 Å². The van der Waals surface area contributed by atoms with Crippen molar-refractivity contribution in [1.82, 2.24) is 0 Å². The van der Waals surface area contributed by atoms with Crippen molar-refractivity contribution >= 4 is 21.8 Å². The molecular weight excluding hydrogens is 253 g/mol. The highest BCUT2D eigenvalue weighted by Gasteiger charge is 2.12. The number of benzene rings is 1. The van der Waals surface area contributed by atoms with Crippen LogP contribution in [-0.4, -0.2) is 12.0 Å². The number of carbonyl (C=O) groups excluding carboxylic acids is 1. The number of hydrogen-bond acceptors (Lipinski definition) is 2. The van der Waals surface area contributed by atoms with Crippen LogP contribution < -0.4 is 10.5 Å². The fourth-order valence-electron chi connectivity index (χ4n) is 0.819. The summed E-state index contributed by atoms with van der Waals surface area (Å²) in [5.41, 5.74) is 5.01. The molecule has 0 bridgehead atoms. The van der Waals surface area contributed by atoms with Crippen molar-refractivity contribution in [1.29, 1.82) is 0 Å². The Morgan fingerprint density at radius 3 is 2.79 bits per heavy atom. The first kappa shape index (κ1) is 11.0. The van der Waals surface area contributed by atoms with Gasteiger partial charge in [0.15, 0.2) is 6.10 Å². The lowest BCUT2D eigenvalue weighted by molar-refractivity contribution is -0.124. The minimum Gasteiger partial charge on any atom is -0.480 e. The zero-order valence-electron chi connectivity index (χ0n) is 7.46. The molecule has 1 aromatic rings. The summed E-state index contributed by atoms with van der Waals surface area (Å²) in [5, 5.41) is 0. The van der Waals surface area contributed by atoms with E-state index in [2.05, 4.69) is 15.9 Å². The van der Waals surface area contributed by atoms with Gasteiger partial charge in [0.05, 0.1) is 4.47 Å². The zero-order chi connectivity index (χ0) is 10.7. The highest BCUT2D eigenvalue weighted by molar-refractivity contribution is 9.10. The van der Waals surface area contributed by atoms with Gasteiger partial charge in [-0.1, -0.05) is 0 Å². The van der Waals surface area contributed by atoms with Crippen molar-refractivity contribution in [2.75, 3.05) is 0 Å². The smallest absolute Gasteiger partial charge is 0.258 e. The number of rotatable bonds is 3. The molecule has 1 rings (SSSR count). The first-order chi connectivity index (χ1) is 6.50. The first-order valence-electron chi connectivity index (χ1n) is 3.91. The Kier molecular flexibility index (Phi) is 3.46. The maximum atomic E-state index is 12.7. The van der Waals surface area contributed by atoms with Crippen LogP contribution in [-0.2, 0) is 4.79 Å². The summed E-state index contributed by atoms with van der Waals surface area (Å²) in [6.45, 7) is 1.53. The molecule has 2 N–H and O–H groups in total. The van der Waals surface area contributed by atoms with Crippen LogP contribution in [0.5, 0.6) is 5.75 Å². The monoisotopic (exact) mass is 261 g/mol. The van der Waals surface area contributed by atoms with Gasteiger partial charge in [0, 0.05) is 0 Å². The molecule has 0 aliphatic rings. The summed E-state index contributed by atoms with van der Waals surface area (Å²) < 4.78 is 18.3. The number of nitrogens with two attached hydrogens (primary N) is 1. The van der Waals surface area contributed by atoms with E-state index in [0.29, 0.717) is 10.2 Å². The summed E-state index contributed by atoms with van der Waals surface area (Å²) in [5.74, 6) is -0.560. The lowest BCUT2D eigenvalue weighted by atomic mass is 10.3. The van der Waals surface area contributed by atoms with Gasteiger partial charge in [-0.25, -0.2) is 4.39 Å². The quantitative estimate of drug-likeness (QED) is 0.903. The lowest BCUT2D eigenvalue weighted by Gasteiger charge is -2.12. The molecule has 0 spiro atoms. The summed E-state index contributed by atoms with van der Waals surface area (Å²) in [6, 6.07) is 3.93. The summed E-state index contributed by atoms with van der Waals surface area (Å²) >= 11 is 3.11. The van der Waals surface area contributed by atoms with Crippen LogP contribution >= 0.6 is 15.9 Å². The first-order valence-corrected chi connectivity index (χ1v) is 4.71. The minimum absolute atomic E-state index is 0.379. The van der Waals surface area contributed by atoms with Crippen LogP contribution in [0.4, 0.5) is 4.39 Å². The highest BCUT2D eigenvalue weighted by atomic mass is 79.9. The van der Waals surface area contributed by atoms with E-state index in [1.807, 2.05) is 0 Å².